The van der Waals surface area contributed by atoms with E-state index in [0.29, 0.717) is 10.6 Å². The van der Waals surface area contributed by atoms with Crippen molar-refractivity contribution in [2.45, 2.75) is 24.6 Å². The zero-order valence-corrected chi connectivity index (χ0v) is 17.9. The maximum atomic E-state index is 12.5. The highest BCUT2D eigenvalue weighted by molar-refractivity contribution is 7.92. The lowest BCUT2D eigenvalue weighted by Gasteiger charge is -2.25. The summed E-state index contributed by atoms with van der Waals surface area (Å²) in [4.78, 5) is 24.4. The molecule has 0 radical (unpaired) electrons. The van der Waals surface area contributed by atoms with E-state index in [1.807, 2.05) is 30.3 Å². The molecule has 30 heavy (non-hydrogen) atoms. The third-order valence-corrected chi connectivity index (χ3v) is 7.97. The molecule has 0 fully saturated rings. The second-order valence-electron chi connectivity index (χ2n) is 6.92. The number of rotatable bonds is 7. The quantitative estimate of drug-likeness (QED) is 0.416. The lowest BCUT2D eigenvalue weighted by atomic mass is 10.1. The van der Waals surface area contributed by atoms with E-state index in [4.69, 9.17) is 5.21 Å². The van der Waals surface area contributed by atoms with Crippen molar-refractivity contribution in [3.8, 4) is 21.1 Å². The average Bonchev–Trinajstić information content (AvgIpc) is 3.22. The van der Waals surface area contributed by atoms with Crippen molar-refractivity contribution in [1.29, 1.82) is 0 Å². The number of nitrogens with one attached hydrogen (secondary N) is 1. The summed E-state index contributed by atoms with van der Waals surface area (Å²) in [6.07, 6.45) is 2.24. The first-order valence-electron chi connectivity index (χ1n) is 8.89. The molecule has 1 amide bonds. The molecule has 0 aliphatic rings. The maximum absolute atomic E-state index is 12.5. The molecule has 2 heterocycles. The van der Waals surface area contributed by atoms with Gasteiger partial charge in [0.1, 0.15) is 10.0 Å². The van der Waals surface area contributed by atoms with E-state index in [2.05, 4.69) is 10.2 Å². The van der Waals surface area contributed by atoms with Crippen molar-refractivity contribution in [2.75, 3.05) is 6.26 Å². The Balaban J connectivity index is 1.82. The van der Waals surface area contributed by atoms with Gasteiger partial charge in [-0.3, -0.25) is 14.8 Å². The van der Waals surface area contributed by atoms with Gasteiger partial charge in [0.15, 0.2) is 14.6 Å². The van der Waals surface area contributed by atoms with Gasteiger partial charge in [-0.25, -0.2) is 13.9 Å². The highest BCUT2D eigenvalue weighted by Gasteiger charge is 2.43. The summed E-state index contributed by atoms with van der Waals surface area (Å²) in [6.45, 7) is 1.18. The number of pyridine rings is 1. The number of nitrogens with zero attached hydrogens (tertiary/aromatic N) is 3. The van der Waals surface area contributed by atoms with Crippen LogP contribution in [-0.4, -0.2) is 45.3 Å². The minimum absolute atomic E-state index is 0.0263. The summed E-state index contributed by atoms with van der Waals surface area (Å²) in [7, 11) is -3.84. The van der Waals surface area contributed by atoms with Crippen LogP contribution in [0.5, 0.6) is 0 Å². The summed E-state index contributed by atoms with van der Waals surface area (Å²) in [5.41, 5.74) is 2.54. The molecule has 11 heteroatoms. The molecule has 2 N–H and O–H groups in total. The molecule has 1 aromatic carbocycles. The number of hydroxylamine groups is 1. The van der Waals surface area contributed by atoms with E-state index in [-0.39, 0.29) is 18.5 Å². The first-order chi connectivity index (χ1) is 14.2. The molecule has 1 unspecified atom stereocenters. The fourth-order valence-corrected chi connectivity index (χ4v) is 4.47. The van der Waals surface area contributed by atoms with Crippen molar-refractivity contribution >= 4 is 27.1 Å². The average molecular weight is 449 g/mol. The molecule has 1 atom stereocenters. The molecular formula is C19H20N4O5S2. The summed E-state index contributed by atoms with van der Waals surface area (Å²) >= 11 is 1.35. The number of hydrogen-bond donors (Lipinski definition) is 2. The van der Waals surface area contributed by atoms with Gasteiger partial charge in [-0.1, -0.05) is 41.7 Å². The van der Waals surface area contributed by atoms with Gasteiger partial charge in [0, 0.05) is 36.2 Å². The Hall–Kier alpha value is -2.89. The number of aromatic nitrogens is 3. The van der Waals surface area contributed by atoms with Crippen LogP contribution in [-0.2, 0) is 21.2 Å². The van der Waals surface area contributed by atoms with E-state index in [0.717, 1.165) is 16.8 Å². The Kier molecular flexibility index (Phi) is 6.15. The standard InChI is InChI=1S/C19H20N4O5S2/c1-19(18(25)22-26,30(2,27)28)9-11-23-10-8-14(12-15(23)24)17-21-20-16(29-17)13-6-4-3-5-7-13/h3-8,10,12,26H,9,11H2,1-2H3,(H,22,25). The van der Waals surface area contributed by atoms with Gasteiger partial charge in [-0.15, -0.1) is 10.2 Å². The van der Waals surface area contributed by atoms with E-state index in [1.165, 1.54) is 40.6 Å². The highest BCUT2D eigenvalue weighted by atomic mass is 32.2. The van der Waals surface area contributed by atoms with E-state index < -0.39 is 20.5 Å². The highest BCUT2D eigenvalue weighted by Crippen LogP contribution is 2.29. The molecule has 3 aromatic rings. The minimum atomic E-state index is -3.84. The number of aryl methyl sites for hydroxylation is 1. The number of carbonyl (C=O) groups excluding carboxylic acids is 1. The molecule has 3 rings (SSSR count). The van der Waals surface area contributed by atoms with Crippen LogP contribution in [0.4, 0.5) is 0 Å². The van der Waals surface area contributed by atoms with Crippen molar-refractivity contribution in [2.24, 2.45) is 0 Å². The molecule has 0 saturated carbocycles. The predicted octanol–water partition coefficient (Wildman–Crippen LogP) is 1.73. The smallest absolute Gasteiger partial charge is 0.264 e. The molecule has 0 saturated heterocycles. The van der Waals surface area contributed by atoms with Crippen LogP contribution in [0.25, 0.3) is 21.1 Å². The Labute approximate surface area is 176 Å². The van der Waals surface area contributed by atoms with Crippen LogP contribution >= 0.6 is 11.3 Å². The number of sulfone groups is 1. The second kappa shape index (κ2) is 8.46. The predicted molar refractivity (Wildman–Crippen MR) is 113 cm³/mol. The summed E-state index contributed by atoms with van der Waals surface area (Å²) in [5, 5.41) is 18.5. The lowest BCUT2D eigenvalue weighted by molar-refractivity contribution is -0.131. The largest absolute Gasteiger partial charge is 0.315 e. The van der Waals surface area contributed by atoms with Crippen molar-refractivity contribution in [3.05, 3.63) is 59.0 Å². The molecule has 0 spiro atoms. The molecule has 158 valence electrons. The SMILES string of the molecule is CC(CCn1ccc(-c2nnc(-c3ccccc3)s2)cc1=O)(C(=O)NO)S(C)(=O)=O. The molecule has 9 nitrogen and oxygen atoms in total. The van der Waals surface area contributed by atoms with Crippen molar-refractivity contribution < 1.29 is 18.4 Å². The second-order valence-corrected chi connectivity index (χ2v) is 10.3. The van der Waals surface area contributed by atoms with E-state index in [1.54, 1.807) is 6.07 Å². The monoisotopic (exact) mass is 448 g/mol. The van der Waals surface area contributed by atoms with Gasteiger partial charge in [0.05, 0.1) is 0 Å². The van der Waals surface area contributed by atoms with E-state index >= 15 is 0 Å². The van der Waals surface area contributed by atoms with Crippen LogP contribution in [0.1, 0.15) is 13.3 Å². The molecular weight excluding hydrogens is 428 g/mol. The first kappa shape index (κ1) is 21.8. The van der Waals surface area contributed by atoms with Crippen LogP contribution in [0.2, 0.25) is 0 Å². The molecule has 2 aromatic heterocycles. The summed E-state index contributed by atoms with van der Waals surface area (Å²) < 4.78 is 23.5. The molecule has 0 aliphatic carbocycles. The Morgan fingerprint density at radius 2 is 1.80 bits per heavy atom. The Bertz CT molecular complexity index is 1220. The molecule has 0 bridgehead atoms. The number of amides is 1. The van der Waals surface area contributed by atoms with Gasteiger partial charge < -0.3 is 4.57 Å². The van der Waals surface area contributed by atoms with Gasteiger partial charge in [-0.2, -0.15) is 0 Å². The van der Waals surface area contributed by atoms with Gasteiger partial charge in [0.25, 0.3) is 11.5 Å². The Morgan fingerprint density at radius 3 is 2.37 bits per heavy atom. The summed E-state index contributed by atoms with van der Waals surface area (Å²) in [5.74, 6) is -1.04. The van der Waals surface area contributed by atoms with Crippen LogP contribution in [0, 0.1) is 0 Å². The van der Waals surface area contributed by atoms with Crippen LogP contribution < -0.4 is 11.0 Å². The number of carbonyl (C=O) groups is 1. The molecule has 0 aliphatic heterocycles. The van der Waals surface area contributed by atoms with Gasteiger partial charge in [0.2, 0.25) is 0 Å². The van der Waals surface area contributed by atoms with Crippen molar-refractivity contribution in [1.82, 2.24) is 20.2 Å². The first-order valence-corrected chi connectivity index (χ1v) is 11.6. The fourth-order valence-electron chi connectivity index (χ4n) is 2.78. The third-order valence-electron chi connectivity index (χ3n) is 4.92. The van der Waals surface area contributed by atoms with Gasteiger partial charge >= 0.3 is 0 Å². The van der Waals surface area contributed by atoms with E-state index in [9.17, 15) is 18.0 Å². The van der Waals surface area contributed by atoms with Gasteiger partial charge in [-0.05, 0) is 19.4 Å². The minimum Gasteiger partial charge on any atom is -0.315 e. The zero-order chi connectivity index (χ0) is 21.9. The number of benzene rings is 1. The van der Waals surface area contributed by atoms with Crippen LogP contribution in [0.15, 0.2) is 53.5 Å². The lowest BCUT2D eigenvalue weighted by Crippen LogP contribution is -2.49. The maximum Gasteiger partial charge on any atom is 0.264 e. The summed E-state index contributed by atoms with van der Waals surface area (Å²) in [6, 6.07) is 12.6. The number of hydrogen-bond acceptors (Lipinski definition) is 8. The normalized spacial score (nSPS) is 13.6. The topological polar surface area (TPSA) is 131 Å². The fraction of sp³-hybridized carbons (Fsp3) is 0.263. The zero-order valence-electron chi connectivity index (χ0n) is 16.3. The van der Waals surface area contributed by atoms with Crippen LogP contribution in [0.3, 0.4) is 0 Å². The Morgan fingerprint density at radius 1 is 1.17 bits per heavy atom. The van der Waals surface area contributed by atoms with Crippen molar-refractivity contribution in [3.63, 3.8) is 0 Å². The third kappa shape index (κ3) is 4.32.